The Balaban J connectivity index is 1.36. The largest absolute Gasteiger partial charge is 0.368 e. The molecule has 0 aliphatic carbocycles. The van der Waals surface area contributed by atoms with Crippen molar-refractivity contribution < 1.29 is 14.5 Å². The summed E-state index contributed by atoms with van der Waals surface area (Å²) in [5, 5.41) is 13.8. The zero-order valence-corrected chi connectivity index (χ0v) is 18.2. The molecule has 0 radical (unpaired) electrons. The average Bonchev–Trinajstić information content (AvgIpc) is 2.85. The van der Waals surface area contributed by atoms with Crippen LogP contribution in [-0.2, 0) is 0 Å². The van der Waals surface area contributed by atoms with Crippen molar-refractivity contribution in [2.45, 2.75) is 0 Å². The minimum absolute atomic E-state index is 0.0272. The Bertz CT molecular complexity index is 1180. The Morgan fingerprint density at radius 2 is 1.76 bits per heavy atom. The second kappa shape index (κ2) is 9.66. The summed E-state index contributed by atoms with van der Waals surface area (Å²) >= 11 is 6.04. The Hall–Kier alpha value is -3.98. The fourth-order valence-corrected chi connectivity index (χ4v) is 3.80. The summed E-state index contributed by atoms with van der Waals surface area (Å²) in [4.78, 5) is 43.5. The monoisotopic (exact) mass is 465 g/mol. The first-order valence-corrected chi connectivity index (χ1v) is 10.6. The maximum Gasteiger partial charge on any atom is 0.270 e. The number of piperazine rings is 1. The zero-order chi connectivity index (χ0) is 23.4. The number of hydrogen-bond acceptors (Lipinski definition) is 6. The molecule has 4 rings (SSSR count). The van der Waals surface area contributed by atoms with Crippen LogP contribution in [0.2, 0.25) is 5.02 Å². The molecular weight excluding hydrogens is 446 g/mol. The molecule has 2 aromatic carbocycles. The summed E-state index contributed by atoms with van der Waals surface area (Å²) in [6.07, 6.45) is 3.21. The number of pyridine rings is 1. The summed E-state index contributed by atoms with van der Waals surface area (Å²) in [6.45, 7) is 2.55. The third-order valence-corrected chi connectivity index (χ3v) is 5.70. The average molecular weight is 466 g/mol. The molecule has 0 saturated carbocycles. The van der Waals surface area contributed by atoms with Crippen molar-refractivity contribution in [3.8, 4) is 0 Å². The predicted octanol–water partition coefficient (Wildman–Crippen LogP) is 3.86. The standard InChI is InChI=1S/C23H20ClN5O4/c24-21-8-7-19(29(32)33)14-20(21)22(30)26-17-3-5-18(6-4-17)27-10-12-28(13-11-27)23(31)16-2-1-9-25-15-16/h1-9,14-15H,10-13H2,(H,26,30). The summed E-state index contributed by atoms with van der Waals surface area (Å²) < 4.78 is 0. The van der Waals surface area contributed by atoms with Gasteiger partial charge in [0.15, 0.2) is 0 Å². The predicted molar refractivity (Wildman–Crippen MR) is 125 cm³/mol. The number of aromatic nitrogens is 1. The normalized spacial score (nSPS) is 13.5. The van der Waals surface area contributed by atoms with Gasteiger partial charge in [-0.05, 0) is 42.5 Å². The SMILES string of the molecule is O=C(Nc1ccc(N2CCN(C(=O)c3cccnc3)CC2)cc1)c1cc([N+](=O)[O-])ccc1Cl. The van der Waals surface area contributed by atoms with Crippen LogP contribution in [0.25, 0.3) is 0 Å². The number of benzene rings is 2. The van der Waals surface area contributed by atoms with E-state index in [1.807, 2.05) is 17.0 Å². The highest BCUT2D eigenvalue weighted by molar-refractivity contribution is 6.34. The molecule has 2 amide bonds. The van der Waals surface area contributed by atoms with Gasteiger partial charge < -0.3 is 15.1 Å². The molecule has 1 saturated heterocycles. The number of hydrogen-bond donors (Lipinski definition) is 1. The Kier molecular flexibility index (Phi) is 6.50. The van der Waals surface area contributed by atoms with Crippen molar-refractivity contribution in [2.75, 3.05) is 36.4 Å². The molecule has 0 spiro atoms. The fraction of sp³-hybridized carbons (Fsp3) is 0.174. The number of nitro groups is 1. The number of anilines is 2. The molecule has 0 bridgehead atoms. The Morgan fingerprint density at radius 3 is 2.39 bits per heavy atom. The number of carbonyl (C=O) groups is 2. The molecule has 10 heteroatoms. The Morgan fingerprint density at radius 1 is 1.03 bits per heavy atom. The number of nitrogens with zero attached hydrogens (tertiary/aromatic N) is 4. The quantitative estimate of drug-likeness (QED) is 0.452. The molecule has 0 unspecified atom stereocenters. The van der Waals surface area contributed by atoms with Crippen molar-refractivity contribution in [3.63, 3.8) is 0 Å². The van der Waals surface area contributed by atoms with E-state index in [0.29, 0.717) is 37.4 Å². The van der Waals surface area contributed by atoms with Crippen LogP contribution in [0.15, 0.2) is 67.0 Å². The van der Waals surface area contributed by atoms with Crippen molar-refractivity contribution in [3.05, 3.63) is 93.3 Å². The summed E-state index contributed by atoms with van der Waals surface area (Å²) in [5.41, 5.74) is 1.91. The summed E-state index contributed by atoms with van der Waals surface area (Å²) in [7, 11) is 0. The van der Waals surface area contributed by atoms with Gasteiger partial charge in [0, 0.05) is 62.1 Å². The van der Waals surface area contributed by atoms with Gasteiger partial charge >= 0.3 is 0 Å². The van der Waals surface area contributed by atoms with Gasteiger partial charge in [-0.1, -0.05) is 11.6 Å². The van der Waals surface area contributed by atoms with E-state index in [-0.39, 0.29) is 22.2 Å². The number of nitrogens with one attached hydrogen (secondary N) is 1. The second-order valence-corrected chi connectivity index (χ2v) is 7.85. The van der Waals surface area contributed by atoms with Crippen molar-refractivity contribution >= 4 is 40.5 Å². The van der Waals surface area contributed by atoms with Crippen molar-refractivity contribution in [1.82, 2.24) is 9.88 Å². The zero-order valence-electron chi connectivity index (χ0n) is 17.5. The minimum Gasteiger partial charge on any atom is -0.368 e. The van der Waals surface area contributed by atoms with Gasteiger partial charge in [0.1, 0.15) is 0 Å². The maximum atomic E-state index is 12.6. The van der Waals surface area contributed by atoms with E-state index < -0.39 is 10.8 Å². The lowest BCUT2D eigenvalue weighted by molar-refractivity contribution is -0.384. The van der Waals surface area contributed by atoms with Crippen LogP contribution in [0.3, 0.4) is 0 Å². The van der Waals surface area contributed by atoms with Gasteiger partial charge in [0.25, 0.3) is 17.5 Å². The van der Waals surface area contributed by atoms with E-state index in [2.05, 4.69) is 15.2 Å². The molecule has 2 heterocycles. The van der Waals surface area contributed by atoms with Gasteiger partial charge in [-0.25, -0.2) is 0 Å². The number of carbonyl (C=O) groups excluding carboxylic acids is 2. The first-order chi connectivity index (χ1) is 15.9. The number of nitro benzene ring substituents is 1. The summed E-state index contributed by atoms with van der Waals surface area (Å²) in [5.74, 6) is -0.556. The van der Waals surface area contributed by atoms with Gasteiger partial charge in [-0.3, -0.25) is 24.7 Å². The molecule has 33 heavy (non-hydrogen) atoms. The lowest BCUT2D eigenvalue weighted by Gasteiger charge is -2.36. The number of non-ortho nitro benzene ring substituents is 1. The van der Waals surface area contributed by atoms with Crippen LogP contribution in [0, 0.1) is 10.1 Å². The fourth-order valence-electron chi connectivity index (χ4n) is 3.59. The molecule has 1 fully saturated rings. The highest BCUT2D eigenvalue weighted by atomic mass is 35.5. The van der Waals surface area contributed by atoms with Crippen LogP contribution in [0.4, 0.5) is 17.1 Å². The second-order valence-electron chi connectivity index (χ2n) is 7.44. The molecule has 1 N–H and O–H groups in total. The van der Waals surface area contributed by atoms with Crippen LogP contribution in [0.5, 0.6) is 0 Å². The van der Waals surface area contributed by atoms with Gasteiger partial charge in [0.05, 0.1) is 21.1 Å². The first kappa shape index (κ1) is 22.2. The Labute approximate surface area is 194 Å². The van der Waals surface area contributed by atoms with E-state index in [9.17, 15) is 19.7 Å². The molecular formula is C23H20ClN5O4. The van der Waals surface area contributed by atoms with Crippen LogP contribution >= 0.6 is 11.6 Å². The van der Waals surface area contributed by atoms with Gasteiger partial charge in [0.2, 0.25) is 0 Å². The lowest BCUT2D eigenvalue weighted by Crippen LogP contribution is -2.48. The summed E-state index contributed by atoms with van der Waals surface area (Å²) in [6, 6.07) is 14.5. The molecule has 1 aliphatic heterocycles. The van der Waals surface area contributed by atoms with E-state index in [1.165, 1.54) is 12.1 Å². The number of halogens is 1. The molecule has 0 atom stereocenters. The van der Waals surface area contributed by atoms with E-state index in [0.717, 1.165) is 11.8 Å². The van der Waals surface area contributed by atoms with Crippen molar-refractivity contribution in [2.24, 2.45) is 0 Å². The molecule has 9 nitrogen and oxygen atoms in total. The van der Waals surface area contributed by atoms with E-state index >= 15 is 0 Å². The third kappa shape index (κ3) is 5.09. The van der Waals surface area contributed by atoms with Crippen LogP contribution in [-0.4, -0.2) is 52.8 Å². The third-order valence-electron chi connectivity index (χ3n) is 5.37. The van der Waals surface area contributed by atoms with Gasteiger partial charge in [-0.2, -0.15) is 0 Å². The van der Waals surface area contributed by atoms with E-state index in [1.54, 1.807) is 36.7 Å². The highest BCUT2D eigenvalue weighted by Gasteiger charge is 2.22. The molecule has 3 aromatic rings. The molecule has 168 valence electrons. The number of amides is 2. The number of rotatable bonds is 5. The highest BCUT2D eigenvalue weighted by Crippen LogP contribution is 2.24. The van der Waals surface area contributed by atoms with E-state index in [4.69, 9.17) is 11.6 Å². The van der Waals surface area contributed by atoms with Crippen LogP contribution < -0.4 is 10.2 Å². The minimum atomic E-state index is -0.577. The van der Waals surface area contributed by atoms with Gasteiger partial charge in [-0.15, -0.1) is 0 Å². The van der Waals surface area contributed by atoms with Crippen molar-refractivity contribution in [1.29, 1.82) is 0 Å². The first-order valence-electron chi connectivity index (χ1n) is 10.2. The molecule has 1 aromatic heterocycles. The lowest BCUT2D eigenvalue weighted by atomic mass is 10.1. The smallest absolute Gasteiger partial charge is 0.270 e. The topological polar surface area (TPSA) is 109 Å². The maximum absolute atomic E-state index is 12.6. The molecule has 1 aliphatic rings. The van der Waals surface area contributed by atoms with Crippen LogP contribution in [0.1, 0.15) is 20.7 Å².